The highest BCUT2D eigenvalue weighted by atomic mass is 16.5. The molecule has 0 aliphatic heterocycles. The first-order chi connectivity index (χ1) is 6.16. The van der Waals surface area contributed by atoms with Gasteiger partial charge in [0, 0.05) is 11.8 Å². The standard InChI is InChI=1S/C10H19NO2/c1-3-4-5-6-7-13-10(12)8-9(2)11/h8H,3-7,11H2,1-2H3/b9-8-. The Kier molecular flexibility index (Phi) is 7.07. The van der Waals surface area contributed by atoms with Crippen LogP contribution in [0.25, 0.3) is 0 Å². The van der Waals surface area contributed by atoms with Crippen LogP contribution in [0, 0.1) is 0 Å². The number of hydrogen-bond acceptors (Lipinski definition) is 3. The van der Waals surface area contributed by atoms with Gasteiger partial charge in [0.2, 0.25) is 0 Å². The van der Waals surface area contributed by atoms with Crippen LogP contribution in [0.1, 0.15) is 39.5 Å². The SMILES string of the molecule is CCCCCCOC(=O)/C=C(/C)N. The van der Waals surface area contributed by atoms with Crippen molar-refractivity contribution in [3.05, 3.63) is 11.8 Å². The van der Waals surface area contributed by atoms with Gasteiger partial charge in [-0.25, -0.2) is 4.79 Å². The summed E-state index contributed by atoms with van der Waals surface area (Å²) >= 11 is 0. The summed E-state index contributed by atoms with van der Waals surface area (Å²) in [6.07, 6.45) is 5.75. The molecule has 0 amide bonds. The van der Waals surface area contributed by atoms with Gasteiger partial charge in [-0.3, -0.25) is 0 Å². The lowest BCUT2D eigenvalue weighted by Crippen LogP contribution is -2.05. The van der Waals surface area contributed by atoms with Crippen LogP contribution >= 0.6 is 0 Å². The summed E-state index contributed by atoms with van der Waals surface area (Å²) in [4.78, 5) is 10.9. The van der Waals surface area contributed by atoms with Crippen LogP contribution in [0.15, 0.2) is 11.8 Å². The second-order valence-electron chi connectivity index (χ2n) is 3.12. The molecule has 0 rings (SSSR count). The van der Waals surface area contributed by atoms with Crippen molar-refractivity contribution in [2.24, 2.45) is 5.73 Å². The van der Waals surface area contributed by atoms with E-state index in [9.17, 15) is 4.79 Å². The van der Waals surface area contributed by atoms with E-state index in [0.717, 1.165) is 12.8 Å². The fourth-order valence-corrected chi connectivity index (χ4v) is 0.929. The molecule has 0 radical (unpaired) electrons. The molecule has 0 aromatic rings. The molecule has 0 atom stereocenters. The van der Waals surface area contributed by atoms with Gasteiger partial charge >= 0.3 is 5.97 Å². The van der Waals surface area contributed by atoms with Gasteiger partial charge in [0.25, 0.3) is 0 Å². The molecule has 0 aliphatic carbocycles. The smallest absolute Gasteiger partial charge is 0.332 e. The average molecular weight is 185 g/mol. The predicted octanol–water partition coefficient (Wildman–Crippen LogP) is 1.97. The molecule has 13 heavy (non-hydrogen) atoms. The van der Waals surface area contributed by atoms with E-state index in [-0.39, 0.29) is 5.97 Å². The topological polar surface area (TPSA) is 52.3 Å². The molecule has 76 valence electrons. The molecule has 0 aromatic heterocycles. The monoisotopic (exact) mass is 185 g/mol. The van der Waals surface area contributed by atoms with Crippen molar-refractivity contribution in [3.8, 4) is 0 Å². The van der Waals surface area contributed by atoms with Crippen molar-refractivity contribution in [2.75, 3.05) is 6.61 Å². The summed E-state index contributed by atoms with van der Waals surface area (Å²) < 4.78 is 4.90. The zero-order valence-electron chi connectivity index (χ0n) is 8.51. The van der Waals surface area contributed by atoms with Crippen LogP contribution in [0.3, 0.4) is 0 Å². The fraction of sp³-hybridized carbons (Fsp3) is 0.700. The normalized spacial score (nSPS) is 11.4. The highest BCUT2D eigenvalue weighted by Gasteiger charge is 1.96. The summed E-state index contributed by atoms with van der Waals surface area (Å²) in [5, 5.41) is 0. The van der Waals surface area contributed by atoms with Gasteiger partial charge in [-0.1, -0.05) is 26.2 Å². The third-order valence-electron chi connectivity index (χ3n) is 1.59. The first-order valence-electron chi connectivity index (χ1n) is 4.77. The number of hydrogen-bond donors (Lipinski definition) is 1. The largest absolute Gasteiger partial charge is 0.462 e. The number of nitrogens with two attached hydrogens (primary N) is 1. The Morgan fingerprint density at radius 3 is 2.62 bits per heavy atom. The lowest BCUT2D eigenvalue weighted by atomic mass is 10.2. The van der Waals surface area contributed by atoms with Gasteiger partial charge < -0.3 is 10.5 Å². The van der Waals surface area contributed by atoms with Crippen molar-refractivity contribution in [1.82, 2.24) is 0 Å². The average Bonchev–Trinajstić information content (AvgIpc) is 2.02. The molecule has 0 aliphatic rings. The highest BCUT2D eigenvalue weighted by Crippen LogP contribution is 1.99. The first-order valence-corrected chi connectivity index (χ1v) is 4.77. The highest BCUT2D eigenvalue weighted by molar-refractivity contribution is 5.82. The molecule has 2 N–H and O–H groups in total. The minimum Gasteiger partial charge on any atom is -0.462 e. The number of ether oxygens (including phenoxy) is 1. The molecule has 0 saturated carbocycles. The maximum atomic E-state index is 10.9. The van der Waals surface area contributed by atoms with E-state index in [1.807, 2.05) is 0 Å². The van der Waals surface area contributed by atoms with E-state index in [1.54, 1.807) is 6.92 Å². The molecule has 3 nitrogen and oxygen atoms in total. The Bertz CT molecular complexity index is 172. The number of allylic oxidation sites excluding steroid dienone is 1. The van der Waals surface area contributed by atoms with Gasteiger partial charge in [-0.05, 0) is 13.3 Å². The lowest BCUT2D eigenvalue weighted by Gasteiger charge is -2.01. The predicted molar refractivity (Wildman–Crippen MR) is 53.0 cm³/mol. The first kappa shape index (κ1) is 12.0. The zero-order chi connectivity index (χ0) is 10.1. The van der Waals surface area contributed by atoms with E-state index < -0.39 is 0 Å². The third-order valence-corrected chi connectivity index (χ3v) is 1.59. The third kappa shape index (κ3) is 8.92. The summed E-state index contributed by atoms with van der Waals surface area (Å²) in [7, 11) is 0. The Morgan fingerprint density at radius 2 is 2.08 bits per heavy atom. The summed E-state index contributed by atoms with van der Waals surface area (Å²) in [6, 6.07) is 0. The zero-order valence-corrected chi connectivity index (χ0v) is 8.51. The lowest BCUT2D eigenvalue weighted by molar-refractivity contribution is -0.137. The van der Waals surface area contributed by atoms with E-state index in [4.69, 9.17) is 10.5 Å². The molecule has 0 saturated heterocycles. The van der Waals surface area contributed by atoms with Crippen LogP contribution in [0.4, 0.5) is 0 Å². The quantitative estimate of drug-likeness (QED) is 0.391. The molecule has 3 heteroatoms. The number of unbranched alkanes of at least 4 members (excludes halogenated alkanes) is 3. The van der Waals surface area contributed by atoms with Gasteiger partial charge in [0.1, 0.15) is 0 Å². The molecule has 0 unspecified atom stereocenters. The van der Waals surface area contributed by atoms with Crippen molar-refractivity contribution >= 4 is 5.97 Å². The second kappa shape index (κ2) is 7.65. The van der Waals surface area contributed by atoms with Crippen LogP contribution in [0.2, 0.25) is 0 Å². The molecular weight excluding hydrogens is 166 g/mol. The minimum absolute atomic E-state index is 0.337. The Morgan fingerprint density at radius 1 is 1.38 bits per heavy atom. The fourth-order valence-electron chi connectivity index (χ4n) is 0.929. The van der Waals surface area contributed by atoms with Crippen molar-refractivity contribution in [3.63, 3.8) is 0 Å². The van der Waals surface area contributed by atoms with E-state index >= 15 is 0 Å². The van der Waals surface area contributed by atoms with Gasteiger partial charge in [0.05, 0.1) is 6.61 Å². The number of carbonyl (C=O) groups is 1. The molecule has 0 aromatic carbocycles. The molecule has 0 heterocycles. The van der Waals surface area contributed by atoms with Gasteiger partial charge in [0.15, 0.2) is 0 Å². The number of carbonyl (C=O) groups excluding carboxylic acids is 1. The van der Waals surface area contributed by atoms with Gasteiger partial charge in [-0.15, -0.1) is 0 Å². The minimum atomic E-state index is -0.337. The maximum Gasteiger partial charge on any atom is 0.332 e. The van der Waals surface area contributed by atoms with E-state index in [0.29, 0.717) is 12.3 Å². The van der Waals surface area contributed by atoms with E-state index in [1.165, 1.54) is 18.9 Å². The Labute approximate surface area is 79.9 Å². The molecule has 0 spiro atoms. The van der Waals surface area contributed by atoms with Gasteiger partial charge in [-0.2, -0.15) is 0 Å². The van der Waals surface area contributed by atoms with Crippen molar-refractivity contribution in [1.29, 1.82) is 0 Å². The van der Waals surface area contributed by atoms with Crippen molar-refractivity contribution < 1.29 is 9.53 Å². The maximum absolute atomic E-state index is 10.9. The van der Waals surface area contributed by atoms with Crippen LogP contribution in [0.5, 0.6) is 0 Å². The van der Waals surface area contributed by atoms with Crippen LogP contribution < -0.4 is 5.73 Å². The van der Waals surface area contributed by atoms with Crippen LogP contribution in [-0.2, 0) is 9.53 Å². The van der Waals surface area contributed by atoms with E-state index in [2.05, 4.69) is 6.92 Å². The van der Waals surface area contributed by atoms with Crippen LogP contribution in [-0.4, -0.2) is 12.6 Å². The summed E-state index contributed by atoms with van der Waals surface area (Å²) in [5.41, 5.74) is 5.79. The molecule has 0 fully saturated rings. The Hall–Kier alpha value is -0.990. The Balaban J connectivity index is 3.33. The second-order valence-corrected chi connectivity index (χ2v) is 3.12. The number of esters is 1. The molecule has 0 bridgehead atoms. The summed E-state index contributed by atoms with van der Waals surface area (Å²) in [6.45, 7) is 4.31. The molecular formula is C10H19NO2. The summed E-state index contributed by atoms with van der Waals surface area (Å²) in [5.74, 6) is -0.337. The number of rotatable bonds is 6. The van der Waals surface area contributed by atoms with Crippen molar-refractivity contribution in [2.45, 2.75) is 39.5 Å².